The first-order valence-corrected chi connectivity index (χ1v) is 12.0. The molecule has 0 amide bonds. The molecule has 2 unspecified atom stereocenters. The van der Waals surface area contributed by atoms with Gasteiger partial charge in [0.15, 0.2) is 6.10 Å². The number of allylic oxidation sites excluding steroid dienone is 4. The van der Waals surface area contributed by atoms with Crippen molar-refractivity contribution in [2.45, 2.75) is 38.3 Å². The number of carbonyl (C=O) groups is 1. The number of carboxylic acids is 1. The number of rotatable bonds is 10. The van der Waals surface area contributed by atoms with Gasteiger partial charge in [0.25, 0.3) is 0 Å². The van der Waals surface area contributed by atoms with Crippen LogP contribution in [-0.4, -0.2) is 48.9 Å². The maximum Gasteiger partial charge on any atom is 0.333 e. The van der Waals surface area contributed by atoms with Crippen LogP contribution in [0, 0.1) is 0 Å². The summed E-state index contributed by atoms with van der Waals surface area (Å²) in [6.45, 7) is 3.52. The molecule has 0 bridgehead atoms. The summed E-state index contributed by atoms with van der Waals surface area (Å²) in [5.74, 6) is -0.158. The van der Waals surface area contributed by atoms with Gasteiger partial charge in [-0.05, 0) is 66.8 Å². The standard InChI is InChI=1S/C29H33NO4/c1-3-33-27(29(31)32)20-21-12-16-24(17-13-21)34-19-18-30(2)28-25-10-6-4-8-22(25)14-15-23-9-5-7-11-26(23)28/h4-8,10-13,15-17,27-28H,3,9,14,18-20H2,1-2H3,(H,31,32). The van der Waals surface area contributed by atoms with E-state index in [4.69, 9.17) is 9.47 Å². The molecule has 2 aromatic carbocycles. The van der Waals surface area contributed by atoms with Gasteiger partial charge in [0.2, 0.25) is 0 Å². The fraction of sp³-hybridized carbons (Fsp3) is 0.345. The summed E-state index contributed by atoms with van der Waals surface area (Å²) < 4.78 is 11.3. The summed E-state index contributed by atoms with van der Waals surface area (Å²) in [6, 6.07) is 16.5. The van der Waals surface area contributed by atoms with E-state index in [0.29, 0.717) is 19.6 Å². The molecule has 178 valence electrons. The van der Waals surface area contributed by atoms with Crippen LogP contribution in [0.1, 0.15) is 36.1 Å². The van der Waals surface area contributed by atoms with Gasteiger partial charge in [-0.1, -0.05) is 60.7 Å². The Labute approximate surface area is 202 Å². The maximum atomic E-state index is 11.3. The zero-order chi connectivity index (χ0) is 23.9. The molecular weight excluding hydrogens is 426 g/mol. The predicted molar refractivity (Wildman–Crippen MR) is 134 cm³/mol. The highest BCUT2D eigenvalue weighted by atomic mass is 16.5. The topological polar surface area (TPSA) is 59.0 Å². The van der Waals surface area contributed by atoms with Gasteiger partial charge in [0, 0.05) is 19.6 Å². The average Bonchev–Trinajstić information content (AvgIpc) is 3.01. The lowest BCUT2D eigenvalue weighted by Gasteiger charge is -2.32. The van der Waals surface area contributed by atoms with Crippen LogP contribution in [0.25, 0.3) is 0 Å². The monoisotopic (exact) mass is 459 g/mol. The first kappa shape index (κ1) is 24.0. The Kier molecular flexibility index (Phi) is 7.99. The van der Waals surface area contributed by atoms with Gasteiger partial charge in [-0.3, -0.25) is 4.90 Å². The molecule has 0 spiro atoms. The Hall–Kier alpha value is -3.15. The number of carboxylic acid groups (broad SMARTS) is 1. The minimum atomic E-state index is -0.938. The molecule has 2 aliphatic carbocycles. The minimum Gasteiger partial charge on any atom is -0.492 e. The van der Waals surface area contributed by atoms with Gasteiger partial charge in [-0.25, -0.2) is 4.79 Å². The van der Waals surface area contributed by atoms with E-state index in [1.807, 2.05) is 24.3 Å². The van der Waals surface area contributed by atoms with Crippen LogP contribution in [0.15, 0.2) is 84.0 Å². The van der Waals surface area contributed by atoms with E-state index >= 15 is 0 Å². The first-order chi connectivity index (χ1) is 16.6. The number of nitrogens with zero attached hydrogens (tertiary/aromatic N) is 1. The molecule has 2 atom stereocenters. The minimum absolute atomic E-state index is 0.201. The Balaban J connectivity index is 1.39. The first-order valence-electron chi connectivity index (χ1n) is 12.0. The zero-order valence-corrected chi connectivity index (χ0v) is 19.9. The Morgan fingerprint density at radius 2 is 1.94 bits per heavy atom. The van der Waals surface area contributed by atoms with E-state index in [0.717, 1.165) is 30.7 Å². The van der Waals surface area contributed by atoms with Crippen molar-refractivity contribution in [3.8, 4) is 5.75 Å². The molecule has 5 nitrogen and oxygen atoms in total. The number of hydrogen-bond donors (Lipinski definition) is 1. The summed E-state index contributed by atoms with van der Waals surface area (Å²) in [5.41, 5.74) is 6.45. The van der Waals surface area contributed by atoms with E-state index in [9.17, 15) is 9.90 Å². The normalized spacial score (nSPS) is 17.8. The Morgan fingerprint density at radius 3 is 2.71 bits per heavy atom. The van der Waals surface area contributed by atoms with Crippen molar-refractivity contribution < 1.29 is 19.4 Å². The molecule has 0 radical (unpaired) electrons. The lowest BCUT2D eigenvalue weighted by atomic mass is 9.88. The largest absolute Gasteiger partial charge is 0.492 e. The highest BCUT2D eigenvalue weighted by molar-refractivity contribution is 5.72. The van der Waals surface area contributed by atoms with Crippen molar-refractivity contribution in [2.24, 2.45) is 0 Å². The highest BCUT2D eigenvalue weighted by Crippen LogP contribution is 2.39. The second-order valence-electron chi connectivity index (χ2n) is 8.75. The third-order valence-corrected chi connectivity index (χ3v) is 6.47. The quantitative estimate of drug-likeness (QED) is 0.533. The Morgan fingerprint density at radius 1 is 1.15 bits per heavy atom. The van der Waals surface area contributed by atoms with Gasteiger partial charge < -0.3 is 14.6 Å². The molecule has 2 aromatic rings. The van der Waals surface area contributed by atoms with Crippen molar-refractivity contribution in [3.63, 3.8) is 0 Å². The number of hydrogen-bond acceptors (Lipinski definition) is 4. The van der Waals surface area contributed by atoms with Crippen LogP contribution < -0.4 is 4.74 Å². The number of likely N-dealkylation sites (N-methyl/N-ethyl adjacent to an activating group) is 1. The molecule has 2 aliphatic rings. The lowest BCUT2D eigenvalue weighted by Crippen LogP contribution is -2.31. The molecule has 1 N–H and O–H groups in total. The fourth-order valence-corrected chi connectivity index (χ4v) is 4.71. The van der Waals surface area contributed by atoms with E-state index in [1.54, 1.807) is 6.92 Å². The smallest absolute Gasteiger partial charge is 0.333 e. The van der Waals surface area contributed by atoms with E-state index in [1.165, 1.54) is 22.3 Å². The van der Waals surface area contributed by atoms with Crippen molar-refractivity contribution in [1.29, 1.82) is 0 Å². The second kappa shape index (κ2) is 11.3. The number of aliphatic carboxylic acids is 1. The molecule has 0 heterocycles. The molecule has 0 saturated carbocycles. The maximum absolute atomic E-state index is 11.3. The summed E-state index contributed by atoms with van der Waals surface area (Å²) in [4.78, 5) is 13.7. The molecule has 34 heavy (non-hydrogen) atoms. The van der Waals surface area contributed by atoms with E-state index < -0.39 is 12.1 Å². The third-order valence-electron chi connectivity index (χ3n) is 6.47. The summed E-state index contributed by atoms with van der Waals surface area (Å²) in [5, 5.41) is 9.28. The van der Waals surface area contributed by atoms with Gasteiger partial charge in [-0.2, -0.15) is 0 Å². The highest BCUT2D eigenvalue weighted by Gasteiger charge is 2.28. The zero-order valence-electron chi connectivity index (χ0n) is 19.9. The van der Waals surface area contributed by atoms with Crippen LogP contribution in [0.4, 0.5) is 0 Å². The van der Waals surface area contributed by atoms with Crippen LogP contribution in [0.5, 0.6) is 5.75 Å². The van der Waals surface area contributed by atoms with Crippen molar-refractivity contribution in [3.05, 3.63) is 101 Å². The molecule has 5 heteroatoms. The number of ether oxygens (including phenoxy) is 2. The third kappa shape index (κ3) is 5.66. The van der Waals surface area contributed by atoms with E-state index in [-0.39, 0.29) is 6.04 Å². The SMILES string of the molecule is CCOC(Cc1ccc(OCCN(C)C2C3=CC=CCC3=CCc3ccccc32)cc1)C(=O)O. The lowest BCUT2D eigenvalue weighted by molar-refractivity contribution is -0.149. The fourth-order valence-electron chi connectivity index (χ4n) is 4.71. The van der Waals surface area contributed by atoms with Gasteiger partial charge in [0.1, 0.15) is 12.4 Å². The second-order valence-corrected chi connectivity index (χ2v) is 8.75. The van der Waals surface area contributed by atoms with Crippen LogP contribution >= 0.6 is 0 Å². The van der Waals surface area contributed by atoms with Gasteiger partial charge in [0.05, 0.1) is 6.04 Å². The van der Waals surface area contributed by atoms with Crippen LogP contribution in [0.2, 0.25) is 0 Å². The van der Waals surface area contributed by atoms with Crippen LogP contribution in [0.3, 0.4) is 0 Å². The Bertz CT molecular complexity index is 1080. The van der Waals surface area contributed by atoms with Gasteiger partial charge in [-0.15, -0.1) is 0 Å². The molecule has 4 rings (SSSR count). The van der Waals surface area contributed by atoms with Gasteiger partial charge >= 0.3 is 5.97 Å². The van der Waals surface area contributed by atoms with Crippen LogP contribution in [-0.2, 0) is 22.4 Å². The molecule has 0 saturated heterocycles. The van der Waals surface area contributed by atoms with Crippen molar-refractivity contribution >= 4 is 5.97 Å². The summed E-state index contributed by atoms with van der Waals surface area (Å²) >= 11 is 0. The summed E-state index contributed by atoms with van der Waals surface area (Å²) in [7, 11) is 2.16. The molecular formula is C29H33NO4. The molecule has 0 fully saturated rings. The van der Waals surface area contributed by atoms with E-state index in [2.05, 4.69) is 60.5 Å². The predicted octanol–water partition coefficient (Wildman–Crippen LogP) is 5.14. The average molecular weight is 460 g/mol. The number of fused-ring (bicyclic) bond motifs is 2. The molecule has 0 aromatic heterocycles. The number of benzene rings is 2. The van der Waals surface area contributed by atoms with Crippen molar-refractivity contribution in [2.75, 3.05) is 26.8 Å². The molecule has 0 aliphatic heterocycles. The van der Waals surface area contributed by atoms with Crippen molar-refractivity contribution in [1.82, 2.24) is 4.90 Å². The summed E-state index contributed by atoms with van der Waals surface area (Å²) in [6.07, 6.45) is 10.5.